The summed E-state index contributed by atoms with van der Waals surface area (Å²) in [5.74, 6) is 0. The maximum atomic E-state index is 4.75. The van der Waals surface area contributed by atoms with Crippen LogP contribution in [0.3, 0.4) is 0 Å². The van der Waals surface area contributed by atoms with Gasteiger partial charge in [-0.25, -0.2) is 0 Å². The third-order valence-corrected chi connectivity index (χ3v) is 13.6. The summed E-state index contributed by atoms with van der Waals surface area (Å²) < 4.78 is 0. The Labute approximate surface area is 417 Å². The van der Waals surface area contributed by atoms with Crippen molar-refractivity contribution in [2.45, 2.75) is 66.7 Å². The van der Waals surface area contributed by atoms with E-state index in [1.54, 1.807) is 0 Å². The van der Waals surface area contributed by atoms with Crippen LogP contribution in [0.4, 0.5) is 0 Å². The van der Waals surface area contributed by atoms with E-state index in [9.17, 15) is 0 Å². The summed E-state index contributed by atoms with van der Waals surface area (Å²) in [6, 6.07) is 71.7. The molecule has 344 valence electrons. The monoisotopic (exact) mass is 905 g/mol. The van der Waals surface area contributed by atoms with E-state index in [0.717, 1.165) is 30.9 Å². The van der Waals surface area contributed by atoms with Gasteiger partial charge in [0.15, 0.2) is 0 Å². The van der Waals surface area contributed by atoms with Gasteiger partial charge >= 0.3 is 0 Å². The molecule has 0 heteroatoms. The van der Waals surface area contributed by atoms with Crippen LogP contribution in [0.15, 0.2) is 218 Å². The Kier molecular flexibility index (Phi) is 14.9. The van der Waals surface area contributed by atoms with E-state index >= 15 is 0 Å². The van der Waals surface area contributed by atoms with Crippen LogP contribution in [0.25, 0.3) is 90.2 Å². The lowest BCUT2D eigenvalue weighted by molar-refractivity contribution is 0.980. The molecule has 0 fully saturated rings. The van der Waals surface area contributed by atoms with Gasteiger partial charge in [-0.3, -0.25) is 0 Å². The molecule has 9 aromatic carbocycles. The standard InChI is InChI=1S/C65H50.C3H8.C2H6/c1-44-56-32-17-15-22-48(56)38-40-58(44)62(59-41-39-49-23-16-18-33-57(49)45(59)2)55-31-19-30-54(42-55)46-34-36-50(37-35-46)61-43-60(47-20-7-3-8-21-47)63(51-24-9-4-10-25-51)65(53-28-13-6-14-29-53)64(61)52-26-11-5-12-27-52;1-3-2;1-2/h3-5,7-13,16-21,23-43H,1,6,14-15,22H2,2H3;3H2,1-2H3;1-2H3/b62-58-;;. The van der Waals surface area contributed by atoms with Crippen LogP contribution in [0.2, 0.25) is 0 Å². The summed E-state index contributed by atoms with van der Waals surface area (Å²) in [4.78, 5) is 0. The third kappa shape index (κ3) is 9.61. The first-order valence-corrected chi connectivity index (χ1v) is 25.5. The zero-order chi connectivity index (χ0) is 48.4. The fourth-order valence-corrected chi connectivity index (χ4v) is 10.3. The smallest absolute Gasteiger partial charge is 0.00176 e. The molecule has 0 N–H and O–H groups in total. The molecule has 2 aliphatic carbocycles. The largest absolute Gasteiger partial charge is 0.0905 e. The molecule has 0 saturated carbocycles. The molecule has 0 aliphatic heterocycles. The average molecular weight is 905 g/mol. The van der Waals surface area contributed by atoms with E-state index in [4.69, 9.17) is 6.58 Å². The predicted molar refractivity (Wildman–Crippen MR) is 306 cm³/mol. The Morgan fingerprint density at radius 1 is 0.486 bits per heavy atom. The van der Waals surface area contributed by atoms with Crippen LogP contribution in [-0.2, 0) is 6.42 Å². The lowest BCUT2D eigenvalue weighted by atomic mass is 9.78. The highest BCUT2D eigenvalue weighted by Crippen LogP contribution is 2.49. The molecule has 0 saturated heterocycles. The molecule has 0 radical (unpaired) electrons. The van der Waals surface area contributed by atoms with E-state index in [1.165, 1.54) is 123 Å². The highest BCUT2D eigenvalue weighted by molar-refractivity contribution is 6.06. The van der Waals surface area contributed by atoms with Crippen LogP contribution >= 0.6 is 0 Å². The van der Waals surface area contributed by atoms with Gasteiger partial charge in [-0.2, -0.15) is 0 Å². The lowest BCUT2D eigenvalue weighted by Gasteiger charge is -2.25. The number of hydrogen-bond donors (Lipinski definition) is 0. The second-order valence-corrected chi connectivity index (χ2v) is 18.1. The molecule has 0 nitrogen and oxygen atoms in total. The van der Waals surface area contributed by atoms with Crippen molar-refractivity contribution in [3.8, 4) is 55.6 Å². The highest BCUT2D eigenvalue weighted by atomic mass is 14.3. The number of fused-ring (bicyclic) bond motifs is 2. The number of allylic oxidation sites excluding steroid dienone is 5. The number of aryl methyl sites for hydroxylation is 2. The van der Waals surface area contributed by atoms with Crippen LogP contribution < -0.4 is 10.4 Å². The Bertz CT molecular complexity index is 3470. The van der Waals surface area contributed by atoms with Gasteiger partial charge in [0.2, 0.25) is 0 Å². The normalized spacial score (nSPS) is 13.0. The van der Waals surface area contributed by atoms with E-state index in [2.05, 4.69) is 245 Å². The molecule has 0 bridgehead atoms. The zero-order valence-electron chi connectivity index (χ0n) is 41.6. The first kappa shape index (κ1) is 47.3. The third-order valence-electron chi connectivity index (χ3n) is 13.6. The Morgan fingerprint density at radius 2 is 1.06 bits per heavy atom. The van der Waals surface area contributed by atoms with Gasteiger partial charge in [-0.05, 0) is 166 Å². The molecular formula is C70H64. The summed E-state index contributed by atoms with van der Waals surface area (Å²) in [6.07, 6.45) is 17.1. The van der Waals surface area contributed by atoms with Crippen molar-refractivity contribution >= 4 is 34.6 Å². The van der Waals surface area contributed by atoms with Gasteiger partial charge in [0.1, 0.15) is 0 Å². The topological polar surface area (TPSA) is 0 Å². The van der Waals surface area contributed by atoms with E-state index in [0.29, 0.717) is 0 Å². The van der Waals surface area contributed by atoms with Gasteiger partial charge < -0.3 is 0 Å². The molecule has 9 aromatic rings. The lowest BCUT2D eigenvalue weighted by Crippen LogP contribution is -2.31. The summed E-state index contributed by atoms with van der Waals surface area (Å²) in [5, 5.41) is 4.81. The second-order valence-electron chi connectivity index (χ2n) is 18.1. The van der Waals surface area contributed by atoms with Crippen LogP contribution in [0, 0.1) is 6.92 Å². The fourth-order valence-electron chi connectivity index (χ4n) is 10.3. The van der Waals surface area contributed by atoms with Crippen molar-refractivity contribution in [3.05, 3.63) is 262 Å². The Hall–Kier alpha value is -7.80. The van der Waals surface area contributed by atoms with Crippen molar-refractivity contribution in [2.24, 2.45) is 0 Å². The first-order valence-electron chi connectivity index (χ1n) is 25.5. The quantitative estimate of drug-likeness (QED) is 0.143. The maximum absolute atomic E-state index is 4.75. The fraction of sp³-hybridized carbons (Fsp3) is 0.143. The molecule has 0 atom stereocenters. The maximum Gasteiger partial charge on any atom is -0.00176 e. The average Bonchev–Trinajstić information content (AvgIpc) is 3.43. The minimum Gasteiger partial charge on any atom is -0.0905 e. The van der Waals surface area contributed by atoms with Crippen molar-refractivity contribution in [3.63, 3.8) is 0 Å². The van der Waals surface area contributed by atoms with E-state index < -0.39 is 0 Å². The summed E-state index contributed by atoms with van der Waals surface area (Å²) in [5.41, 5.74) is 22.3. The molecular weight excluding hydrogens is 841 g/mol. The highest BCUT2D eigenvalue weighted by Gasteiger charge is 2.25. The SMILES string of the molecule is C=c1c2c(cc/c1=C(\c1cccc(-c3ccc(-c4cc(-c5ccccc5)c(-c5ccccc5)c(C5=CCCC=C5)c4-c4ccccc4)cc3)c1)c1ccc3ccccc3c1C)CCC=C2.CC.CCC. The Morgan fingerprint density at radius 3 is 1.70 bits per heavy atom. The van der Waals surface area contributed by atoms with E-state index in [1.807, 2.05) is 13.8 Å². The molecule has 0 amide bonds. The van der Waals surface area contributed by atoms with E-state index in [-0.39, 0.29) is 0 Å². The van der Waals surface area contributed by atoms with Crippen molar-refractivity contribution in [1.82, 2.24) is 0 Å². The molecule has 11 rings (SSSR count). The van der Waals surface area contributed by atoms with Crippen LogP contribution in [0.5, 0.6) is 0 Å². The van der Waals surface area contributed by atoms with Gasteiger partial charge in [0, 0.05) is 0 Å². The van der Waals surface area contributed by atoms with Gasteiger partial charge in [-0.1, -0.05) is 253 Å². The minimum absolute atomic E-state index is 1.02. The van der Waals surface area contributed by atoms with Crippen LogP contribution in [-0.4, -0.2) is 0 Å². The van der Waals surface area contributed by atoms with Crippen molar-refractivity contribution in [2.75, 3.05) is 0 Å². The molecule has 0 unspecified atom stereocenters. The predicted octanol–water partition coefficient (Wildman–Crippen LogP) is 18.3. The first-order chi connectivity index (χ1) is 34.5. The number of rotatable bonds is 8. The van der Waals surface area contributed by atoms with Crippen LogP contribution in [0.1, 0.15) is 86.8 Å². The second kappa shape index (κ2) is 22.1. The summed E-state index contributed by atoms with van der Waals surface area (Å²) in [6.45, 7) is 15.3. The number of benzene rings is 9. The van der Waals surface area contributed by atoms with Gasteiger partial charge in [-0.15, -0.1) is 0 Å². The zero-order valence-corrected chi connectivity index (χ0v) is 41.6. The van der Waals surface area contributed by atoms with Crippen molar-refractivity contribution < 1.29 is 0 Å². The minimum atomic E-state index is 1.02. The molecule has 0 spiro atoms. The molecule has 2 aliphatic rings. The van der Waals surface area contributed by atoms with Gasteiger partial charge in [0.05, 0.1) is 0 Å². The number of hydrogen-bond acceptors (Lipinski definition) is 0. The molecule has 0 aromatic heterocycles. The summed E-state index contributed by atoms with van der Waals surface area (Å²) in [7, 11) is 0. The van der Waals surface area contributed by atoms with Gasteiger partial charge in [0.25, 0.3) is 0 Å². The molecule has 0 heterocycles. The Balaban J connectivity index is 0.00000117. The molecule has 70 heavy (non-hydrogen) atoms. The summed E-state index contributed by atoms with van der Waals surface area (Å²) >= 11 is 0. The van der Waals surface area contributed by atoms with Crippen molar-refractivity contribution in [1.29, 1.82) is 0 Å².